The molecule has 1 heterocycles. The van der Waals surface area contributed by atoms with Crippen molar-refractivity contribution < 1.29 is 9.84 Å². The maximum Gasteiger partial charge on any atom is 0.212 e. The fourth-order valence-corrected chi connectivity index (χ4v) is 2.39. The zero-order valence-electron chi connectivity index (χ0n) is 11.6. The van der Waals surface area contributed by atoms with Crippen molar-refractivity contribution in [2.24, 2.45) is 5.41 Å². The zero-order chi connectivity index (χ0) is 13.0. The molecule has 0 atom stereocenters. The highest BCUT2D eigenvalue weighted by molar-refractivity contribution is 5.70. The van der Waals surface area contributed by atoms with Gasteiger partial charge >= 0.3 is 0 Å². The summed E-state index contributed by atoms with van der Waals surface area (Å²) in [5.74, 6) is 1.86. The maximum atomic E-state index is 9.81. The molecule has 1 aromatic rings. The molecule has 94 valence electrons. The predicted octanol–water partition coefficient (Wildman–Crippen LogP) is 4.38. The smallest absolute Gasteiger partial charge is 0.212 e. The number of phenolic OH excluding ortho intramolecular Hbond substituents is 1. The van der Waals surface area contributed by atoms with Gasteiger partial charge in [-0.05, 0) is 28.9 Å². The van der Waals surface area contributed by atoms with Gasteiger partial charge in [0.05, 0.1) is 0 Å². The topological polar surface area (TPSA) is 32.8 Å². The van der Waals surface area contributed by atoms with E-state index in [-0.39, 0.29) is 16.6 Å². The van der Waals surface area contributed by atoms with Crippen molar-refractivity contribution in [2.45, 2.75) is 53.4 Å². The van der Waals surface area contributed by atoms with Gasteiger partial charge in [0.25, 0.3) is 0 Å². The normalized spacial score (nSPS) is 14.2. The van der Waals surface area contributed by atoms with Crippen LogP contribution in [0.15, 0.2) is 6.07 Å². The van der Waals surface area contributed by atoms with Gasteiger partial charge in [0, 0.05) is 5.56 Å². The Morgan fingerprint density at radius 2 is 1.65 bits per heavy atom. The zero-order valence-corrected chi connectivity index (χ0v) is 11.6. The highest BCUT2D eigenvalue weighted by atomic mass is 16.6. The Balaban J connectivity index is 2.52. The van der Waals surface area contributed by atoms with Gasteiger partial charge in [0.1, 0.15) is 0 Å². The molecule has 0 spiro atoms. The van der Waals surface area contributed by atoms with E-state index in [1.165, 1.54) is 11.1 Å². The largest absolute Gasteiger partial charge is 0.504 e. The molecule has 0 aliphatic carbocycles. The van der Waals surface area contributed by atoms with Crippen LogP contribution < -0.4 is 4.74 Å². The Morgan fingerprint density at radius 3 is 2.12 bits per heavy atom. The van der Waals surface area contributed by atoms with Crippen LogP contribution >= 0.6 is 0 Å². The van der Waals surface area contributed by atoms with Crippen molar-refractivity contribution in [3.05, 3.63) is 17.2 Å². The van der Waals surface area contributed by atoms with Gasteiger partial charge in [-0.1, -0.05) is 41.5 Å². The summed E-state index contributed by atoms with van der Waals surface area (Å²) >= 11 is 0. The maximum absolute atomic E-state index is 9.81. The van der Waals surface area contributed by atoms with E-state index in [0.29, 0.717) is 5.75 Å². The first-order valence-corrected chi connectivity index (χ1v) is 6.17. The summed E-state index contributed by atoms with van der Waals surface area (Å²) in [7, 11) is 0. The number of aromatic hydroxyl groups is 1. The van der Waals surface area contributed by atoms with Gasteiger partial charge in [-0.2, -0.15) is 0 Å². The molecule has 2 nitrogen and oxygen atoms in total. The lowest BCUT2D eigenvalue weighted by atomic mass is 9.78. The van der Waals surface area contributed by atoms with Crippen molar-refractivity contribution in [1.82, 2.24) is 0 Å². The highest BCUT2D eigenvalue weighted by Gasteiger charge is 2.37. The summed E-state index contributed by atoms with van der Waals surface area (Å²) in [6.07, 6.45) is 0.948. The van der Waals surface area contributed by atoms with Gasteiger partial charge in [-0.3, -0.25) is 0 Å². The number of ether oxygens (including phenoxy) is 1. The monoisotopic (exact) mass is 234 g/mol. The highest BCUT2D eigenvalue weighted by Crippen LogP contribution is 2.58. The average molecular weight is 234 g/mol. The minimum Gasteiger partial charge on any atom is -0.504 e. The third-order valence-electron chi connectivity index (χ3n) is 2.93. The van der Waals surface area contributed by atoms with Crippen molar-refractivity contribution in [3.63, 3.8) is 0 Å². The molecule has 1 aliphatic heterocycles. The van der Waals surface area contributed by atoms with Crippen LogP contribution in [0.1, 0.15) is 52.7 Å². The summed E-state index contributed by atoms with van der Waals surface area (Å²) in [5.41, 5.74) is 2.71. The second-order valence-corrected chi connectivity index (χ2v) is 7.18. The average Bonchev–Trinajstić information content (AvgIpc) is 2.77. The Kier molecular flexibility index (Phi) is 2.46. The minimum absolute atomic E-state index is 0.0505. The Hall–Kier alpha value is -1.18. The summed E-state index contributed by atoms with van der Waals surface area (Å²) in [6, 6.07) is 1.87. The third kappa shape index (κ3) is 2.41. The van der Waals surface area contributed by atoms with Crippen LogP contribution in [0.2, 0.25) is 0 Å². The molecule has 0 radical (unpaired) electrons. The van der Waals surface area contributed by atoms with Crippen molar-refractivity contribution in [3.8, 4) is 17.2 Å². The lowest BCUT2D eigenvalue weighted by molar-refractivity contribution is 0.404. The minimum atomic E-state index is 0.0505. The second-order valence-electron chi connectivity index (χ2n) is 7.18. The molecule has 1 aliphatic rings. The van der Waals surface area contributed by atoms with Crippen molar-refractivity contribution in [2.75, 3.05) is 0 Å². The SMILES string of the molecule is CC(C)(C)Cc1cc(O)c2c(c1C(C)(C)C)O2. The molecule has 0 aromatic heterocycles. The molecule has 1 aromatic carbocycles. The quantitative estimate of drug-likeness (QED) is 0.742. The fourth-order valence-electron chi connectivity index (χ4n) is 2.39. The predicted molar refractivity (Wildman–Crippen MR) is 70.0 cm³/mol. The van der Waals surface area contributed by atoms with Crippen LogP contribution in [-0.4, -0.2) is 5.11 Å². The summed E-state index contributed by atoms with van der Waals surface area (Å²) < 4.78 is 5.43. The molecule has 0 unspecified atom stereocenters. The van der Waals surface area contributed by atoms with Crippen LogP contribution in [-0.2, 0) is 11.8 Å². The number of phenols is 1. The Morgan fingerprint density at radius 1 is 1.06 bits per heavy atom. The summed E-state index contributed by atoms with van der Waals surface area (Å²) in [6.45, 7) is 13.2. The van der Waals surface area contributed by atoms with Crippen LogP contribution in [0.4, 0.5) is 0 Å². The molecule has 1 N–H and O–H groups in total. The molecule has 2 heteroatoms. The number of fused-ring (bicyclic) bond motifs is 1. The Bertz CT molecular complexity index is 459. The van der Waals surface area contributed by atoms with E-state index in [1.807, 2.05) is 6.07 Å². The van der Waals surface area contributed by atoms with E-state index in [4.69, 9.17) is 4.74 Å². The molecule has 0 fully saturated rings. The lowest BCUT2D eigenvalue weighted by Crippen LogP contribution is -2.17. The number of rotatable bonds is 1. The van der Waals surface area contributed by atoms with Crippen LogP contribution in [0.5, 0.6) is 17.2 Å². The Labute approximate surface area is 104 Å². The number of benzene rings is 1. The fraction of sp³-hybridized carbons (Fsp3) is 0.600. The molecule has 0 saturated heterocycles. The van der Waals surface area contributed by atoms with Gasteiger partial charge in [0.15, 0.2) is 11.5 Å². The van der Waals surface area contributed by atoms with Gasteiger partial charge in [-0.25, -0.2) is 0 Å². The third-order valence-corrected chi connectivity index (χ3v) is 2.93. The molecule has 0 saturated carbocycles. The van der Waals surface area contributed by atoms with E-state index in [1.54, 1.807) is 0 Å². The second kappa shape index (κ2) is 3.41. The first-order valence-electron chi connectivity index (χ1n) is 6.17. The standard InChI is InChI=1S/C15H22O2/c1-14(2,3)8-9-7-10(16)12-13(17-12)11(9)15(4,5)6/h7,16H,8H2,1-6H3. The first kappa shape index (κ1) is 12.3. The summed E-state index contributed by atoms with van der Waals surface area (Å²) in [4.78, 5) is 0. The van der Waals surface area contributed by atoms with E-state index >= 15 is 0 Å². The van der Waals surface area contributed by atoms with Crippen LogP contribution in [0.25, 0.3) is 0 Å². The molecular weight excluding hydrogens is 212 g/mol. The van der Waals surface area contributed by atoms with Crippen molar-refractivity contribution >= 4 is 0 Å². The van der Waals surface area contributed by atoms with E-state index in [9.17, 15) is 5.11 Å². The van der Waals surface area contributed by atoms with Crippen LogP contribution in [0, 0.1) is 5.41 Å². The summed E-state index contributed by atoms with van der Waals surface area (Å²) in [5, 5.41) is 9.81. The molecule has 0 amide bonds. The van der Waals surface area contributed by atoms with Crippen LogP contribution in [0.3, 0.4) is 0 Å². The van der Waals surface area contributed by atoms with Gasteiger partial charge in [-0.15, -0.1) is 0 Å². The molecule has 0 bridgehead atoms. The number of hydrogen-bond donors (Lipinski definition) is 1. The van der Waals surface area contributed by atoms with Gasteiger partial charge in [0.2, 0.25) is 5.75 Å². The lowest BCUT2D eigenvalue weighted by Gasteiger charge is -2.25. The molecular formula is C15H22O2. The van der Waals surface area contributed by atoms with E-state index in [2.05, 4.69) is 41.5 Å². The van der Waals surface area contributed by atoms with Gasteiger partial charge < -0.3 is 9.84 Å². The van der Waals surface area contributed by atoms with E-state index < -0.39 is 0 Å². The van der Waals surface area contributed by atoms with Crippen molar-refractivity contribution in [1.29, 1.82) is 0 Å². The molecule has 2 rings (SSSR count). The number of hydrogen-bond acceptors (Lipinski definition) is 2. The van der Waals surface area contributed by atoms with E-state index in [0.717, 1.165) is 12.2 Å². The molecule has 17 heavy (non-hydrogen) atoms. The first-order chi connectivity index (χ1) is 7.59.